The average molecular weight is 268 g/mol. The highest BCUT2D eigenvalue weighted by Crippen LogP contribution is 2.05. The van der Waals surface area contributed by atoms with Crippen molar-refractivity contribution in [3.05, 3.63) is 24.2 Å². The Morgan fingerprint density at radius 2 is 2.16 bits per heavy atom. The van der Waals surface area contributed by atoms with Crippen LogP contribution in [0.1, 0.15) is 31.3 Å². The largest absolute Gasteiger partial charge is 0.459 e. The van der Waals surface area contributed by atoms with Crippen LogP contribution >= 0.6 is 0 Å². The number of nitrogens with zero attached hydrogens (tertiary/aromatic N) is 1. The van der Waals surface area contributed by atoms with Crippen molar-refractivity contribution < 1.29 is 19.1 Å². The predicted molar refractivity (Wildman–Crippen MR) is 69.6 cm³/mol. The lowest BCUT2D eigenvalue weighted by atomic mass is 10.1. The summed E-state index contributed by atoms with van der Waals surface area (Å²) in [6.45, 7) is 5.00. The van der Waals surface area contributed by atoms with Gasteiger partial charge in [0.1, 0.15) is 6.04 Å². The molecule has 0 radical (unpaired) electrons. The second kappa shape index (κ2) is 5.88. The summed E-state index contributed by atoms with van der Waals surface area (Å²) >= 11 is 0. The fraction of sp³-hybridized carbons (Fsp3) is 0.538. The minimum Gasteiger partial charge on any atom is -0.459 e. The van der Waals surface area contributed by atoms with Crippen LogP contribution in [-0.4, -0.2) is 47.1 Å². The van der Waals surface area contributed by atoms with Gasteiger partial charge < -0.3 is 19.7 Å². The van der Waals surface area contributed by atoms with Gasteiger partial charge in [0.2, 0.25) is 5.91 Å². The molecule has 1 atom stereocenters. The molecule has 0 aliphatic heterocycles. The monoisotopic (exact) mass is 268 g/mol. The molecule has 0 aliphatic rings. The van der Waals surface area contributed by atoms with Crippen LogP contribution in [-0.2, 0) is 4.79 Å². The van der Waals surface area contributed by atoms with Gasteiger partial charge in [0.15, 0.2) is 5.76 Å². The number of hydrogen-bond acceptors (Lipinski definition) is 4. The second-order valence-electron chi connectivity index (χ2n) is 5.18. The summed E-state index contributed by atoms with van der Waals surface area (Å²) in [6, 6.07) is 2.43. The lowest BCUT2D eigenvalue weighted by molar-refractivity contribution is -0.134. The Hall–Kier alpha value is -1.82. The number of rotatable bonds is 5. The van der Waals surface area contributed by atoms with E-state index in [1.807, 2.05) is 0 Å². The summed E-state index contributed by atoms with van der Waals surface area (Å²) in [4.78, 5) is 25.1. The van der Waals surface area contributed by atoms with Gasteiger partial charge in [-0.1, -0.05) is 0 Å². The molecule has 0 aliphatic carbocycles. The van der Waals surface area contributed by atoms with Crippen molar-refractivity contribution in [1.82, 2.24) is 10.2 Å². The molecule has 1 aromatic rings. The molecule has 0 aromatic carbocycles. The Balaban J connectivity index is 2.55. The molecule has 0 saturated heterocycles. The van der Waals surface area contributed by atoms with E-state index in [1.165, 1.54) is 17.2 Å². The number of furan rings is 1. The van der Waals surface area contributed by atoms with Crippen LogP contribution in [0.15, 0.2) is 22.8 Å². The van der Waals surface area contributed by atoms with Gasteiger partial charge in [-0.2, -0.15) is 0 Å². The van der Waals surface area contributed by atoms with Crippen molar-refractivity contribution in [1.29, 1.82) is 0 Å². The molecule has 0 bridgehead atoms. The number of nitrogens with one attached hydrogen (secondary N) is 1. The molecule has 2 N–H and O–H groups in total. The van der Waals surface area contributed by atoms with Crippen molar-refractivity contribution in [3.63, 3.8) is 0 Å². The minimum atomic E-state index is -0.977. The normalized spacial score (nSPS) is 12.9. The first kappa shape index (κ1) is 15.2. The van der Waals surface area contributed by atoms with E-state index in [9.17, 15) is 14.7 Å². The molecule has 1 aromatic heterocycles. The quantitative estimate of drug-likeness (QED) is 0.820. The fourth-order valence-corrected chi connectivity index (χ4v) is 1.73. The SMILES string of the molecule is CC(NC(=O)c1ccco1)C(=O)N(C)CC(C)(C)O. The average Bonchev–Trinajstić information content (AvgIpc) is 2.78. The van der Waals surface area contributed by atoms with Crippen molar-refractivity contribution in [2.45, 2.75) is 32.4 Å². The summed E-state index contributed by atoms with van der Waals surface area (Å²) in [5.74, 6) is -0.561. The number of carbonyl (C=O) groups excluding carboxylic acids is 2. The van der Waals surface area contributed by atoms with Gasteiger partial charge in [-0.3, -0.25) is 9.59 Å². The van der Waals surface area contributed by atoms with E-state index >= 15 is 0 Å². The van der Waals surface area contributed by atoms with Gasteiger partial charge in [-0.25, -0.2) is 0 Å². The van der Waals surface area contributed by atoms with Gasteiger partial charge in [0, 0.05) is 13.6 Å². The fourth-order valence-electron chi connectivity index (χ4n) is 1.73. The van der Waals surface area contributed by atoms with Gasteiger partial charge in [-0.15, -0.1) is 0 Å². The molecule has 1 heterocycles. The zero-order valence-electron chi connectivity index (χ0n) is 11.6. The Kier molecular flexibility index (Phi) is 4.72. The smallest absolute Gasteiger partial charge is 0.287 e. The van der Waals surface area contributed by atoms with Gasteiger partial charge in [0.25, 0.3) is 5.91 Å². The number of likely N-dealkylation sites (N-methyl/N-ethyl adjacent to an activating group) is 1. The maximum Gasteiger partial charge on any atom is 0.287 e. The van der Waals surface area contributed by atoms with Crippen LogP contribution in [0.25, 0.3) is 0 Å². The maximum absolute atomic E-state index is 12.0. The van der Waals surface area contributed by atoms with Crippen LogP contribution in [0.2, 0.25) is 0 Å². The first-order valence-electron chi connectivity index (χ1n) is 6.02. The van der Waals surface area contributed by atoms with E-state index in [2.05, 4.69) is 5.32 Å². The van der Waals surface area contributed by atoms with Crippen molar-refractivity contribution in [3.8, 4) is 0 Å². The topological polar surface area (TPSA) is 82.8 Å². The Labute approximate surface area is 112 Å². The third-order valence-electron chi connectivity index (χ3n) is 2.46. The third-order valence-corrected chi connectivity index (χ3v) is 2.46. The number of amides is 2. The first-order chi connectivity index (χ1) is 8.70. The standard InChI is InChI=1S/C13H20N2O4/c1-9(12(17)15(4)8-13(2,3)18)14-11(16)10-6-5-7-19-10/h5-7,9,18H,8H2,1-4H3,(H,14,16). The Morgan fingerprint density at radius 1 is 1.53 bits per heavy atom. The van der Waals surface area contributed by atoms with E-state index in [4.69, 9.17) is 4.42 Å². The van der Waals surface area contributed by atoms with Gasteiger partial charge >= 0.3 is 0 Å². The van der Waals surface area contributed by atoms with E-state index in [-0.39, 0.29) is 18.2 Å². The van der Waals surface area contributed by atoms with Crippen LogP contribution in [0.3, 0.4) is 0 Å². The molecular formula is C13H20N2O4. The molecule has 6 nitrogen and oxygen atoms in total. The molecular weight excluding hydrogens is 248 g/mol. The molecule has 0 spiro atoms. The van der Waals surface area contributed by atoms with E-state index in [0.29, 0.717) is 0 Å². The van der Waals surface area contributed by atoms with Crippen LogP contribution < -0.4 is 5.32 Å². The second-order valence-corrected chi connectivity index (χ2v) is 5.18. The third kappa shape index (κ3) is 4.75. The Morgan fingerprint density at radius 3 is 2.63 bits per heavy atom. The molecule has 6 heteroatoms. The van der Waals surface area contributed by atoms with Crippen LogP contribution in [0, 0.1) is 0 Å². The summed E-state index contributed by atoms with van der Waals surface area (Å²) in [7, 11) is 1.58. The highest BCUT2D eigenvalue weighted by atomic mass is 16.3. The summed E-state index contributed by atoms with van der Waals surface area (Å²) in [6.07, 6.45) is 1.39. The predicted octanol–water partition coefficient (Wildman–Crippen LogP) is 0.627. The van der Waals surface area contributed by atoms with Gasteiger partial charge in [-0.05, 0) is 32.9 Å². The van der Waals surface area contributed by atoms with Gasteiger partial charge in [0.05, 0.1) is 11.9 Å². The van der Waals surface area contributed by atoms with Crippen molar-refractivity contribution >= 4 is 11.8 Å². The van der Waals surface area contributed by atoms with Crippen molar-refractivity contribution in [2.75, 3.05) is 13.6 Å². The summed E-state index contributed by atoms with van der Waals surface area (Å²) < 4.78 is 4.94. The minimum absolute atomic E-state index is 0.157. The number of carbonyl (C=O) groups is 2. The van der Waals surface area contributed by atoms with E-state index < -0.39 is 17.6 Å². The Bertz CT molecular complexity index is 434. The number of aliphatic hydroxyl groups is 1. The molecule has 0 saturated carbocycles. The summed E-state index contributed by atoms with van der Waals surface area (Å²) in [5.41, 5.74) is -0.977. The lowest BCUT2D eigenvalue weighted by Crippen LogP contribution is -2.49. The molecule has 106 valence electrons. The molecule has 19 heavy (non-hydrogen) atoms. The highest BCUT2D eigenvalue weighted by Gasteiger charge is 2.24. The first-order valence-corrected chi connectivity index (χ1v) is 6.02. The van der Waals surface area contributed by atoms with E-state index in [0.717, 1.165) is 0 Å². The highest BCUT2D eigenvalue weighted by molar-refractivity contribution is 5.95. The van der Waals surface area contributed by atoms with Crippen LogP contribution in [0.5, 0.6) is 0 Å². The zero-order chi connectivity index (χ0) is 14.6. The summed E-state index contributed by atoms with van der Waals surface area (Å²) in [5, 5.41) is 12.2. The number of hydrogen-bond donors (Lipinski definition) is 2. The maximum atomic E-state index is 12.0. The van der Waals surface area contributed by atoms with Crippen LogP contribution in [0.4, 0.5) is 0 Å². The van der Waals surface area contributed by atoms with Crippen molar-refractivity contribution in [2.24, 2.45) is 0 Å². The zero-order valence-corrected chi connectivity index (χ0v) is 11.6. The van der Waals surface area contributed by atoms with E-state index in [1.54, 1.807) is 33.9 Å². The molecule has 0 fully saturated rings. The molecule has 2 amide bonds. The molecule has 1 rings (SSSR count). The lowest BCUT2D eigenvalue weighted by Gasteiger charge is -2.27. The molecule has 1 unspecified atom stereocenters.